The van der Waals surface area contributed by atoms with E-state index in [1.54, 1.807) is 6.20 Å². The van der Waals surface area contributed by atoms with Gasteiger partial charge in [-0.2, -0.15) is 0 Å². The molecule has 0 radical (unpaired) electrons. The quantitative estimate of drug-likeness (QED) is 0.928. The SMILES string of the molecule is Cc1nccc(N2CCC(O)(COc3ccccc3)C2)n1. The van der Waals surface area contributed by atoms with Crippen molar-refractivity contribution in [3.8, 4) is 5.75 Å². The van der Waals surface area contributed by atoms with Gasteiger partial charge in [0.2, 0.25) is 0 Å². The van der Waals surface area contributed by atoms with Crippen LogP contribution in [0.4, 0.5) is 5.82 Å². The van der Waals surface area contributed by atoms with Gasteiger partial charge in [0.25, 0.3) is 0 Å². The van der Waals surface area contributed by atoms with E-state index in [4.69, 9.17) is 4.74 Å². The molecule has 2 aromatic rings. The van der Waals surface area contributed by atoms with Crippen LogP contribution in [0, 0.1) is 6.92 Å². The number of hydrogen-bond donors (Lipinski definition) is 1. The van der Waals surface area contributed by atoms with Crippen LogP contribution in [0.1, 0.15) is 12.2 Å². The summed E-state index contributed by atoms with van der Waals surface area (Å²) in [5.74, 6) is 2.38. The Hall–Kier alpha value is -2.14. The van der Waals surface area contributed by atoms with E-state index in [-0.39, 0.29) is 6.61 Å². The van der Waals surface area contributed by atoms with Crippen LogP contribution in [-0.4, -0.2) is 40.4 Å². The first-order valence-electron chi connectivity index (χ1n) is 7.09. The lowest BCUT2D eigenvalue weighted by molar-refractivity contribution is 0.0144. The molecule has 1 saturated heterocycles. The first kappa shape index (κ1) is 13.8. The Balaban J connectivity index is 1.62. The topological polar surface area (TPSA) is 58.5 Å². The van der Waals surface area contributed by atoms with Crippen LogP contribution in [0.25, 0.3) is 0 Å². The highest BCUT2D eigenvalue weighted by atomic mass is 16.5. The Morgan fingerprint density at radius 1 is 1.29 bits per heavy atom. The molecular formula is C16H19N3O2. The highest BCUT2D eigenvalue weighted by Crippen LogP contribution is 2.26. The van der Waals surface area contributed by atoms with Crippen LogP contribution in [0.3, 0.4) is 0 Å². The summed E-state index contributed by atoms with van der Waals surface area (Å²) < 4.78 is 5.69. The zero-order chi connectivity index (χ0) is 14.7. The summed E-state index contributed by atoms with van der Waals surface area (Å²) in [7, 11) is 0. The van der Waals surface area contributed by atoms with E-state index in [1.807, 2.05) is 43.3 Å². The molecule has 21 heavy (non-hydrogen) atoms. The third-order valence-electron chi connectivity index (χ3n) is 3.67. The van der Waals surface area contributed by atoms with Crippen LogP contribution >= 0.6 is 0 Å². The van der Waals surface area contributed by atoms with E-state index in [0.717, 1.165) is 23.9 Å². The molecule has 0 amide bonds. The monoisotopic (exact) mass is 285 g/mol. The van der Waals surface area contributed by atoms with Gasteiger partial charge in [-0.25, -0.2) is 9.97 Å². The maximum Gasteiger partial charge on any atom is 0.132 e. The molecule has 1 aliphatic heterocycles. The average Bonchev–Trinajstić information content (AvgIpc) is 2.90. The van der Waals surface area contributed by atoms with Crippen LogP contribution in [0.2, 0.25) is 0 Å². The number of aryl methyl sites for hydroxylation is 1. The lowest BCUT2D eigenvalue weighted by Gasteiger charge is -2.24. The minimum absolute atomic E-state index is 0.289. The predicted octanol–water partition coefficient (Wildman–Crippen LogP) is 1.81. The van der Waals surface area contributed by atoms with Gasteiger partial charge in [0.1, 0.15) is 29.6 Å². The molecular weight excluding hydrogens is 266 g/mol. The van der Waals surface area contributed by atoms with Crippen molar-refractivity contribution in [1.82, 2.24) is 9.97 Å². The summed E-state index contributed by atoms with van der Waals surface area (Å²) >= 11 is 0. The molecule has 1 fully saturated rings. The maximum absolute atomic E-state index is 10.6. The Morgan fingerprint density at radius 3 is 2.86 bits per heavy atom. The molecule has 1 aromatic heterocycles. The molecule has 1 atom stereocenters. The van der Waals surface area contributed by atoms with E-state index in [2.05, 4.69) is 14.9 Å². The minimum atomic E-state index is -0.839. The summed E-state index contributed by atoms with van der Waals surface area (Å²) in [6.07, 6.45) is 2.42. The van der Waals surface area contributed by atoms with Crippen molar-refractivity contribution in [2.45, 2.75) is 18.9 Å². The molecule has 1 unspecified atom stereocenters. The van der Waals surface area contributed by atoms with Crippen molar-refractivity contribution < 1.29 is 9.84 Å². The van der Waals surface area contributed by atoms with E-state index in [9.17, 15) is 5.11 Å². The highest BCUT2D eigenvalue weighted by molar-refractivity contribution is 5.40. The number of aromatic nitrogens is 2. The number of hydrogen-bond acceptors (Lipinski definition) is 5. The van der Waals surface area contributed by atoms with Gasteiger partial charge in [0.15, 0.2) is 0 Å². The summed E-state index contributed by atoms with van der Waals surface area (Å²) in [6, 6.07) is 11.4. The normalized spacial score (nSPS) is 21.5. The molecule has 3 rings (SSSR count). The van der Waals surface area contributed by atoms with E-state index < -0.39 is 5.60 Å². The summed E-state index contributed by atoms with van der Waals surface area (Å²) in [5, 5.41) is 10.6. The lowest BCUT2D eigenvalue weighted by atomic mass is 10.1. The van der Waals surface area contributed by atoms with Crippen molar-refractivity contribution in [2.75, 3.05) is 24.6 Å². The molecule has 0 bridgehead atoms. The van der Waals surface area contributed by atoms with Gasteiger partial charge in [0, 0.05) is 12.7 Å². The summed E-state index contributed by atoms with van der Waals surface area (Å²) in [4.78, 5) is 10.6. The van der Waals surface area contributed by atoms with Gasteiger partial charge in [0.05, 0.1) is 6.54 Å². The van der Waals surface area contributed by atoms with E-state index in [1.165, 1.54) is 0 Å². The zero-order valence-electron chi connectivity index (χ0n) is 12.1. The number of rotatable bonds is 4. The van der Waals surface area contributed by atoms with E-state index >= 15 is 0 Å². The Morgan fingerprint density at radius 2 is 2.10 bits per heavy atom. The number of nitrogens with zero attached hydrogens (tertiary/aromatic N) is 3. The number of β-amino-alcohol motifs (C(OH)–C–C–N with tert-alkyl or cyclic N) is 1. The summed E-state index contributed by atoms with van der Waals surface area (Å²) in [6.45, 7) is 3.45. The Labute approximate surface area is 124 Å². The van der Waals surface area contributed by atoms with Gasteiger partial charge in [-0.05, 0) is 31.5 Å². The van der Waals surface area contributed by atoms with Gasteiger partial charge in [-0.15, -0.1) is 0 Å². The third-order valence-corrected chi connectivity index (χ3v) is 3.67. The van der Waals surface area contributed by atoms with Crippen LogP contribution in [-0.2, 0) is 0 Å². The number of aliphatic hydroxyl groups is 1. The Kier molecular flexibility index (Phi) is 3.75. The molecule has 2 heterocycles. The van der Waals surface area contributed by atoms with Crippen molar-refractivity contribution in [3.05, 3.63) is 48.4 Å². The third kappa shape index (κ3) is 3.31. The Bertz CT molecular complexity index is 605. The zero-order valence-corrected chi connectivity index (χ0v) is 12.1. The van der Waals surface area contributed by atoms with Crippen LogP contribution < -0.4 is 9.64 Å². The first-order valence-corrected chi connectivity index (χ1v) is 7.09. The minimum Gasteiger partial charge on any atom is -0.491 e. The number of para-hydroxylation sites is 1. The molecule has 0 saturated carbocycles. The molecule has 1 N–H and O–H groups in total. The second-order valence-corrected chi connectivity index (χ2v) is 5.46. The van der Waals surface area contributed by atoms with Crippen molar-refractivity contribution in [1.29, 1.82) is 0 Å². The van der Waals surface area contributed by atoms with Crippen molar-refractivity contribution in [3.63, 3.8) is 0 Å². The molecule has 1 aromatic carbocycles. The number of anilines is 1. The fraction of sp³-hybridized carbons (Fsp3) is 0.375. The smallest absolute Gasteiger partial charge is 0.132 e. The number of benzene rings is 1. The average molecular weight is 285 g/mol. The predicted molar refractivity (Wildman–Crippen MR) is 80.5 cm³/mol. The highest BCUT2D eigenvalue weighted by Gasteiger charge is 2.37. The van der Waals surface area contributed by atoms with Gasteiger partial charge in [-0.1, -0.05) is 18.2 Å². The second kappa shape index (κ2) is 5.69. The summed E-state index contributed by atoms with van der Waals surface area (Å²) in [5.41, 5.74) is -0.839. The molecule has 5 nitrogen and oxygen atoms in total. The molecule has 110 valence electrons. The number of ether oxygens (including phenoxy) is 1. The second-order valence-electron chi connectivity index (χ2n) is 5.46. The van der Waals surface area contributed by atoms with E-state index in [0.29, 0.717) is 13.0 Å². The van der Waals surface area contributed by atoms with Gasteiger partial charge < -0.3 is 14.7 Å². The lowest BCUT2D eigenvalue weighted by Crippen LogP contribution is -2.39. The van der Waals surface area contributed by atoms with Crippen molar-refractivity contribution >= 4 is 5.82 Å². The molecule has 1 aliphatic rings. The molecule has 5 heteroatoms. The van der Waals surface area contributed by atoms with Crippen molar-refractivity contribution in [2.24, 2.45) is 0 Å². The van der Waals surface area contributed by atoms with Crippen LogP contribution in [0.5, 0.6) is 5.75 Å². The molecule has 0 aliphatic carbocycles. The van der Waals surface area contributed by atoms with Gasteiger partial charge >= 0.3 is 0 Å². The first-order chi connectivity index (χ1) is 10.1. The fourth-order valence-electron chi connectivity index (χ4n) is 2.52. The maximum atomic E-state index is 10.6. The van der Waals surface area contributed by atoms with Gasteiger partial charge in [-0.3, -0.25) is 0 Å². The molecule has 0 spiro atoms. The fourth-order valence-corrected chi connectivity index (χ4v) is 2.52. The standard InChI is InChI=1S/C16H19N3O2/c1-13-17-9-7-15(18-13)19-10-8-16(20,11-19)12-21-14-5-3-2-4-6-14/h2-7,9,20H,8,10-12H2,1H3. The largest absolute Gasteiger partial charge is 0.491 e. The van der Waals surface area contributed by atoms with Crippen LogP contribution in [0.15, 0.2) is 42.6 Å².